The molecule has 22 heavy (non-hydrogen) atoms. The first-order valence-corrected chi connectivity index (χ1v) is 6.86. The number of hydrogen-bond donors (Lipinski definition) is 1. The fraction of sp³-hybridized carbons (Fsp3) is 0.200. The number of tetrazole rings is 1. The van der Waals surface area contributed by atoms with E-state index < -0.39 is 0 Å². The number of rotatable bonds is 5. The Labute approximate surface area is 128 Å². The standard InChI is InChI=1S/C15H16N6O/c1-11(18-13-6-7-15(22-2)16-9-13)12-4-3-5-14(8-12)21-10-17-19-20-21/h3-11,18H,1-2H3. The summed E-state index contributed by atoms with van der Waals surface area (Å²) >= 11 is 0. The van der Waals surface area contributed by atoms with Gasteiger partial charge in [-0.05, 0) is 41.1 Å². The van der Waals surface area contributed by atoms with E-state index in [-0.39, 0.29) is 6.04 Å². The van der Waals surface area contributed by atoms with E-state index in [4.69, 9.17) is 4.74 Å². The molecular weight excluding hydrogens is 280 g/mol. The van der Waals surface area contributed by atoms with Crippen LogP contribution in [0.3, 0.4) is 0 Å². The lowest BCUT2D eigenvalue weighted by Gasteiger charge is -2.16. The summed E-state index contributed by atoms with van der Waals surface area (Å²) in [5.41, 5.74) is 2.98. The summed E-state index contributed by atoms with van der Waals surface area (Å²) in [6, 6.07) is 11.9. The number of benzene rings is 1. The summed E-state index contributed by atoms with van der Waals surface area (Å²) < 4.78 is 6.69. The fourth-order valence-corrected chi connectivity index (χ4v) is 2.14. The second-order valence-electron chi connectivity index (χ2n) is 4.80. The summed E-state index contributed by atoms with van der Waals surface area (Å²) in [5, 5.41) is 14.6. The minimum Gasteiger partial charge on any atom is -0.481 e. The van der Waals surface area contributed by atoms with E-state index in [1.807, 2.05) is 30.3 Å². The van der Waals surface area contributed by atoms with Gasteiger partial charge in [0.2, 0.25) is 5.88 Å². The predicted octanol–water partition coefficient (Wildman–Crippen LogP) is 2.24. The topological polar surface area (TPSA) is 77.8 Å². The lowest BCUT2D eigenvalue weighted by molar-refractivity contribution is 0.398. The molecule has 1 unspecified atom stereocenters. The smallest absolute Gasteiger partial charge is 0.213 e. The molecular formula is C15H16N6O. The number of nitrogens with zero attached hydrogens (tertiary/aromatic N) is 5. The predicted molar refractivity (Wildman–Crippen MR) is 82.0 cm³/mol. The van der Waals surface area contributed by atoms with Crippen molar-refractivity contribution in [2.45, 2.75) is 13.0 Å². The van der Waals surface area contributed by atoms with Crippen LogP contribution in [0, 0.1) is 0 Å². The molecule has 1 aromatic carbocycles. The normalized spacial score (nSPS) is 11.9. The molecule has 3 rings (SSSR count). The van der Waals surface area contributed by atoms with Gasteiger partial charge in [0.1, 0.15) is 6.33 Å². The number of ether oxygens (including phenoxy) is 1. The van der Waals surface area contributed by atoms with Crippen LogP contribution in [0.4, 0.5) is 5.69 Å². The first-order chi connectivity index (χ1) is 10.8. The SMILES string of the molecule is COc1ccc(NC(C)c2cccc(-n3cnnn3)c2)cn1. The van der Waals surface area contributed by atoms with Gasteiger partial charge in [0.25, 0.3) is 0 Å². The largest absolute Gasteiger partial charge is 0.481 e. The zero-order valence-electron chi connectivity index (χ0n) is 12.3. The van der Waals surface area contributed by atoms with Gasteiger partial charge in [-0.1, -0.05) is 12.1 Å². The molecule has 0 amide bonds. The molecule has 3 aromatic rings. The number of aromatic nitrogens is 5. The molecule has 0 aliphatic heterocycles. The average Bonchev–Trinajstić information content (AvgIpc) is 3.10. The van der Waals surface area contributed by atoms with Crippen molar-refractivity contribution >= 4 is 5.69 Å². The zero-order valence-corrected chi connectivity index (χ0v) is 12.3. The van der Waals surface area contributed by atoms with Crippen molar-refractivity contribution in [3.8, 4) is 11.6 Å². The molecule has 2 aromatic heterocycles. The lowest BCUT2D eigenvalue weighted by atomic mass is 10.1. The maximum Gasteiger partial charge on any atom is 0.213 e. The number of nitrogens with one attached hydrogen (secondary N) is 1. The van der Waals surface area contributed by atoms with Crippen LogP contribution in [0.15, 0.2) is 48.9 Å². The molecule has 0 radical (unpaired) electrons. The van der Waals surface area contributed by atoms with Crippen molar-refractivity contribution in [1.29, 1.82) is 0 Å². The molecule has 0 bridgehead atoms. The second-order valence-corrected chi connectivity index (χ2v) is 4.80. The Morgan fingerprint density at radius 2 is 2.14 bits per heavy atom. The van der Waals surface area contributed by atoms with Crippen LogP contribution in [0.25, 0.3) is 5.69 Å². The van der Waals surface area contributed by atoms with Crippen LogP contribution in [-0.2, 0) is 0 Å². The van der Waals surface area contributed by atoms with Crippen LogP contribution in [0.5, 0.6) is 5.88 Å². The molecule has 0 aliphatic carbocycles. The van der Waals surface area contributed by atoms with Crippen LogP contribution >= 0.6 is 0 Å². The summed E-state index contributed by atoms with van der Waals surface area (Å²) in [6.45, 7) is 2.09. The van der Waals surface area contributed by atoms with Gasteiger partial charge in [-0.3, -0.25) is 0 Å². The molecule has 0 spiro atoms. The minimum absolute atomic E-state index is 0.117. The molecule has 112 valence electrons. The third-order valence-corrected chi connectivity index (χ3v) is 3.31. The van der Waals surface area contributed by atoms with Gasteiger partial charge >= 0.3 is 0 Å². The Morgan fingerprint density at radius 3 is 2.82 bits per heavy atom. The van der Waals surface area contributed by atoms with E-state index in [9.17, 15) is 0 Å². The highest BCUT2D eigenvalue weighted by Gasteiger charge is 2.08. The maximum absolute atomic E-state index is 5.06. The molecule has 7 heteroatoms. The van der Waals surface area contributed by atoms with Crippen LogP contribution in [0.1, 0.15) is 18.5 Å². The van der Waals surface area contributed by atoms with Crippen molar-refractivity contribution in [3.63, 3.8) is 0 Å². The van der Waals surface area contributed by atoms with Gasteiger partial charge in [0, 0.05) is 12.1 Å². The third-order valence-electron chi connectivity index (χ3n) is 3.31. The van der Waals surface area contributed by atoms with Crippen molar-refractivity contribution < 1.29 is 4.74 Å². The van der Waals surface area contributed by atoms with Crippen molar-refractivity contribution in [2.24, 2.45) is 0 Å². The lowest BCUT2D eigenvalue weighted by Crippen LogP contribution is -2.08. The summed E-state index contributed by atoms with van der Waals surface area (Å²) in [6.07, 6.45) is 3.32. The number of pyridine rings is 1. The molecule has 1 atom stereocenters. The molecule has 2 heterocycles. The Kier molecular flexibility index (Phi) is 3.95. The minimum atomic E-state index is 0.117. The van der Waals surface area contributed by atoms with E-state index in [0.717, 1.165) is 16.9 Å². The van der Waals surface area contributed by atoms with Crippen molar-refractivity contribution in [1.82, 2.24) is 25.2 Å². The second kappa shape index (κ2) is 6.21. The molecule has 7 nitrogen and oxygen atoms in total. The van der Waals surface area contributed by atoms with Gasteiger partial charge in [-0.2, -0.15) is 0 Å². The molecule has 0 fully saturated rings. The highest BCUT2D eigenvalue weighted by molar-refractivity contribution is 5.46. The zero-order chi connectivity index (χ0) is 15.4. The first-order valence-electron chi connectivity index (χ1n) is 6.86. The monoisotopic (exact) mass is 296 g/mol. The van der Waals surface area contributed by atoms with E-state index in [0.29, 0.717) is 5.88 Å². The van der Waals surface area contributed by atoms with Gasteiger partial charge in [0.15, 0.2) is 0 Å². The van der Waals surface area contributed by atoms with Crippen LogP contribution in [0.2, 0.25) is 0 Å². The van der Waals surface area contributed by atoms with Gasteiger partial charge in [-0.25, -0.2) is 9.67 Å². The van der Waals surface area contributed by atoms with Crippen molar-refractivity contribution in [2.75, 3.05) is 12.4 Å². The summed E-state index contributed by atoms with van der Waals surface area (Å²) in [5.74, 6) is 0.596. The Bertz CT molecular complexity index is 726. The third kappa shape index (κ3) is 3.03. The van der Waals surface area contributed by atoms with E-state index in [1.165, 1.54) is 0 Å². The number of hydrogen-bond acceptors (Lipinski definition) is 6. The highest BCUT2D eigenvalue weighted by Crippen LogP contribution is 2.21. The first kappa shape index (κ1) is 14.0. The van der Waals surface area contributed by atoms with Crippen LogP contribution < -0.4 is 10.1 Å². The van der Waals surface area contributed by atoms with Gasteiger partial charge in [0.05, 0.1) is 24.7 Å². The quantitative estimate of drug-likeness (QED) is 0.778. The Balaban J connectivity index is 1.76. The summed E-state index contributed by atoms with van der Waals surface area (Å²) in [7, 11) is 1.60. The van der Waals surface area contributed by atoms with E-state index in [1.54, 1.807) is 24.3 Å². The Hall–Kier alpha value is -2.96. The Morgan fingerprint density at radius 1 is 1.23 bits per heavy atom. The number of methoxy groups -OCH3 is 1. The van der Waals surface area contributed by atoms with E-state index in [2.05, 4.69) is 38.8 Å². The highest BCUT2D eigenvalue weighted by atomic mass is 16.5. The van der Waals surface area contributed by atoms with Crippen molar-refractivity contribution in [3.05, 3.63) is 54.5 Å². The fourth-order valence-electron chi connectivity index (χ4n) is 2.14. The van der Waals surface area contributed by atoms with Crippen LogP contribution in [-0.4, -0.2) is 32.3 Å². The van der Waals surface area contributed by atoms with Gasteiger partial charge in [-0.15, -0.1) is 5.10 Å². The number of anilines is 1. The van der Waals surface area contributed by atoms with Gasteiger partial charge < -0.3 is 10.1 Å². The average molecular weight is 296 g/mol. The maximum atomic E-state index is 5.06. The summed E-state index contributed by atoms with van der Waals surface area (Å²) in [4.78, 5) is 4.19. The molecule has 0 aliphatic rings. The molecule has 0 saturated heterocycles. The molecule has 0 saturated carbocycles. The van der Waals surface area contributed by atoms with E-state index >= 15 is 0 Å². The molecule has 1 N–H and O–H groups in total.